The van der Waals surface area contributed by atoms with Crippen LogP contribution in [0.25, 0.3) is 0 Å². The fraction of sp³-hybridized carbons (Fsp3) is 0.538. The summed E-state index contributed by atoms with van der Waals surface area (Å²) in [7, 11) is -1.89. The smallest absolute Gasteiger partial charge is 0.216 e. The Labute approximate surface area is 114 Å². The molecule has 0 radical (unpaired) electrons. The van der Waals surface area contributed by atoms with Crippen LogP contribution < -0.4 is 0 Å². The maximum absolute atomic E-state index is 12.1. The van der Waals surface area contributed by atoms with Crippen LogP contribution in [0.4, 0.5) is 0 Å². The molecule has 0 aliphatic heterocycles. The van der Waals surface area contributed by atoms with Crippen molar-refractivity contribution in [2.75, 3.05) is 26.0 Å². The second-order valence-electron chi connectivity index (χ2n) is 4.26. The summed E-state index contributed by atoms with van der Waals surface area (Å²) in [6.45, 7) is 4.24. The van der Waals surface area contributed by atoms with E-state index in [9.17, 15) is 13.5 Å². The van der Waals surface area contributed by atoms with Crippen LogP contribution in [0.15, 0.2) is 24.3 Å². The third-order valence-electron chi connectivity index (χ3n) is 3.06. The second kappa shape index (κ2) is 6.88. The first kappa shape index (κ1) is 15.9. The number of hydrogen-bond donors (Lipinski definition) is 1. The molecule has 1 aromatic carbocycles. The molecule has 1 rings (SSSR count). The van der Waals surface area contributed by atoms with E-state index >= 15 is 0 Å². The summed E-state index contributed by atoms with van der Waals surface area (Å²) in [6.07, 6.45) is 0. The van der Waals surface area contributed by atoms with Gasteiger partial charge in [0.05, 0.1) is 18.4 Å². The standard InChI is InChI=1S/C13H21NO4S/c1-4-18-9-10-19(16,17)14(3)11(2)12-7-5-6-8-13(12)15/h5-8,11,15H,4,9-10H2,1-3H3. The van der Waals surface area contributed by atoms with E-state index in [1.165, 1.54) is 11.4 Å². The second-order valence-corrected chi connectivity index (χ2v) is 6.41. The molecule has 0 bridgehead atoms. The molecule has 108 valence electrons. The number of aromatic hydroxyl groups is 1. The summed E-state index contributed by atoms with van der Waals surface area (Å²) in [5.74, 6) is 0.0387. The molecule has 5 nitrogen and oxygen atoms in total. The predicted octanol–water partition coefficient (Wildman–Crippen LogP) is 1.75. The fourth-order valence-electron chi connectivity index (χ4n) is 1.73. The molecule has 0 saturated heterocycles. The molecule has 0 saturated carbocycles. The molecule has 0 spiro atoms. The lowest BCUT2D eigenvalue weighted by Crippen LogP contribution is -2.33. The lowest BCUT2D eigenvalue weighted by molar-refractivity contribution is 0.162. The molecular weight excluding hydrogens is 266 g/mol. The lowest BCUT2D eigenvalue weighted by Gasteiger charge is -2.25. The van der Waals surface area contributed by atoms with Gasteiger partial charge in [0.15, 0.2) is 0 Å². The minimum Gasteiger partial charge on any atom is -0.508 e. The number of hydrogen-bond acceptors (Lipinski definition) is 4. The maximum atomic E-state index is 12.1. The van der Waals surface area contributed by atoms with Gasteiger partial charge < -0.3 is 9.84 Å². The van der Waals surface area contributed by atoms with Gasteiger partial charge in [0.2, 0.25) is 10.0 Å². The average Bonchev–Trinajstić information content (AvgIpc) is 2.38. The van der Waals surface area contributed by atoms with Gasteiger partial charge in [-0.3, -0.25) is 0 Å². The van der Waals surface area contributed by atoms with Crippen LogP contribution in [0.2, 0.25) is 0 Å². The van der Waals surface area contributed by atoms with E-state index in [0.29, 0.717) is 12.2 Å². The fourth-order valence-corrected chi connectivity index (χ4v) is 2.94. The van der Waals surface area contributed by atoms with Crippen molar-refractivity contribution in [1.82, 2.24) is 4.31 Å². The topological polar surface area (TPSA) is 66.8 Å². The molecule has 1 unspecified atom stereocenters. The van der Waals surface area contributed by atoms with Crippen molar-refractivity contribution in [1.29, 1.82) is 0 Å². The Balaban J connectivity index is 2.82. The Bertz CT molecular complexity index is 501. The van der Waals surface area contributed by atoms with E-state index in [4.69, 9.17) is 4.74 Å². The minimum atomic E-state index is -3.40. The Hall–Kier alpha value is -1.11. The largest absolute Gasteiger partial charge is 0.508 e. The molecule has 1 atom stereocenters. The van der Waals surface area contributed by atoms with Gasteiger partial charge in [-0.1, -0.05) is 18.2 Å². The molecule has 1 aromatic rings. The summed E-state index contributed by atoms with van der Waals surface area (Å²) in [6, 6.07) is 6.32. The molecule has 6 heteroatoms. The van der Waals surface area contributed by atoms with Crippen molar-refractivity contribution in [3.05, 3.63) is 29.8 Å². The predicted molar refractivity (Wildman–Crippen MR) is 74.6 cm³/mol. The molecule has 0 heterocycles. The first-order valence-corrected chi connectivity index (χ1v) is 7.82. The molecular formula is C13H21NO4S. The zero-order chi connectivity index (χ0) is 14.5. The van der Waals surface area contributed by atoms with Gasteiger partial charge in [-0.25, -0.2) is 8.42 Å². The van der Waals surface area contributed by atoms with E-state index in [2.05, 4.69) is 0 Å². The van der Waals surface area contributed by atoms with Crippen LogP contribution in [0, 0.1) is 0 Å². The molecule has 0 aromatic heterocycles. The van der Waals surface area contributed by atoms with Crippen molar-refractivity contribution in [2.24, 2.45) is 0 Å². The zero-order valence-corrected chi connectivity index (χ0v) is 12.4. The zero-order valence-electron chi connectivity index (χ0n) is 11.5. The van der Waals surface area contributed by atoms with E-state index in [1.54, 1.807) is 31.2 Å². The number of phenolic OH excluding ortho intramolecular Hbond substituents is 1. The van der Waals surface area contributed by atoms with Gasteiger partial charge in [0.1, 0.15) is 5.75 Å². The summed E-state index contributed by atoms with van der Waals surface area (Å²) < 4.78 is 30.5. The van der Waals surface area contributed by atoms with Crippen LogP contribution in [0.5, 0.6) is 5.75 Å². The van der Waals surface area contributed by atoms with Crippen molar-refractivity contribution in [3.63, 3.8) is 0 Å². The van der Waals surface area contributed by atoms with Gasteiger partial charge in [-0.05, 0) is 19.9 Å². The Morgan fingerprint density at radius 1 is 1.37 bits per heavy atom. The van der Waals surface area contributed by atoms with Crippen LogP contribution in [0.1, 0.15) is 25.5 Å². The normalized spacial score (nSPS) is 13.7. The molecule has 0 fully saturated rings. The highest BCUT2D eigenvalue weighted by Crippen LogP contribution is 2.28. The van der Waals surface area contributed by atoms with E-state index < -0.39 is 16.1 Å². The Kier molecular flexibility index (Phi) is 5.78. The summed E-state index contributed by atoms with van der Waals surface area (Å²) >= 11 is 0. The highest BCUT2D eigenvalue weighted by molar-refractivity contribution is 7.89. The van der Waals surface area contributed by atoms with Crippen molar-refractivity contribution >= 4 is 10.0 Å². The first-order chi connectivity index (χ1) is 8.90. The van der Waals surface area contributed by atoms with Crippen LogP contribution >= 0.6 is 0 Å². The molecule has 19 heavy (non-hydrogen) atoms. The van der Waals surface area contributed by atoms with E-state index in [-0.39, 0.29) is 18.1 Å². The van der Waals surface area contributed by atoms with Crippen molar-refractivity contribution in [3.8, 4) is 5.75 Å². The van der Waals surface area contributed by atoms with Gasteiger partial charge in [0.25, 0.3) is 0 Å². The van der Waals surface area contributed by atoms with Gasteiger partial charge >= 0.3 is 0 Å². The highest BCUT2D eigenvalue weighted by Gasteiger charge is 2.25. The third-order valence-corrected chi connectivity index (χ3v) is 4.94. The monoisotopic (exact) mass is 287 g/mol. The average molecular weight is 287 g/mol. The lowest BCUT2D eigenvalue weighted by atomic mass is 10.1. The van der Waals surface area contributed by atoms with Crippen LogP contribution in [-0.2, 0) is 14.8 Å². The number of rotatable bonds is 7. The summed E-state index contributed by atoms with van der Waals surface area (Å²) in [5, 5.41) is 9.76. The number of para-hydroxylation sites is 1. The first-order valence-electron chi connectivity index (χ1n) is 6.21. The molecule has 1 N–H and O–H groups in total. The van der Waals surface area contributed by atoms with Gasteiger partial charge in [0, 0.05) is 19.2 Å². The molecule has 0 aliphatic rings. The summed E-state index contributed by atoms with van der Waals surface area (Å²) in [4.78, 5) is 0. The van der Waals surface area contributed by atoms with Crippen molar-refractivity contribution in [2.45, 2.75) is 19.9 Å². The third kappa shape index (κ3) is 4.19. The number of ether oxygens (including phenoxy) is 1. The molecule has 0 amide bonds. The minimum absolute atomic E-state index is 0.0602. The van der Waals surface area contributed by atoms with E-state index in [1.807, 2.05) is 6.92 Å². The Morgan fingerprint density at radius 2 is 2.00 bits per heavy atom. The number of nitrogens with zero attached hydrogens (tertiary/aromatic N) is 1. The van der Waals surface area contributed by atoms with Gasteiger partial charge in [-0.2, -0.15) is 4.31 Å². The quantitative estimate of drug-likeness (QED) is 0.776. The van der Waals surface area contributed by atoms with Crippen LogP contribution in [-0.4, -0.2) is 43.8 Å². The maximum Gasteiger partial charge on any atom is 0.216 e. The van der Waals surface area contributed by atoms with Gasteiger partial charge in [-0.15, -0.1) is 0 Å². The Morgan fingerprint density at radius 3 is 2.58 bits per heavy atom. The number of sulfonamides is 1. The van der Waals surface area contributed by atoms with Crippen molar-refractivity contribution < 1.29 is 18.3 Å². The highest BCUT2D eigenvalue weighted by atomic mass is 32.2. The number of benzene rings is 1. The number of phenols is 1. The van der Waals surface area contributed by atoms with E-state index in [0.717, 1.165) is 0 Å². The SMILES string of the molecule is CCOCCS(=O)(=O)N(C)C(C)c1ccccc1O. The molecule has 0 aliphatic carbocycles. The summed E-state index contributed by atoms with van der Waals surface area (Å²) in [5.41, 5.74) is 0.588. The van der Waals surface area contributed by atoms with Crippen LogP contribution in [0.3, 0.4) is 0 Å².